The third-order valence-electron chi connectivity index (χ3n) is 1.65. The zero-order chi connectivity index (χ0) is 12.8. The van der Waals surface area contributed by atoms with Gasteiger partial charge >= 0.3 is 16.2 Å². The Balaban J connectivity index is 3.45. The highest BCUT2D eigenvalue weighted by Gasteiger charge is 2.65. The van der Waals surface area contributed by atoms with Crippen LogP contribution in [0.1, 0.15) is 10.4 Å². The molecule has 0 saturated carbocycles. The summed E-state index contributed by atoms with van der Waals surface area (Å²) in [7, 11) is -9.77. The molecule has 16 heavy (non-hydrogen) atoms. The van der Waals surface area contributed by atoms with Crippen LogP contribution in [0.4, 0.5) is 19.4 Å². The van der Waals surface area contributed by atoms with Gasteiger partial charge in [-0.15, -0.1) is 12.6 Å². The van der Waals surface area contributed by atoms with Crippen LogP contribution < -0.4 is 0 Å². The molecule has 0 heterocycles. The molecule has 0 saturated heterocycles. The van der Waals surface area contributed by atoms with Gasteiger partial charge in [0, 0.05) is 4.90 Å². The number of carboxylic acid groups (broad SMARTS) is 1. The van der Waals surface area contributed by atoms with Crippen LogP contribution >= 0.6 is 22.9 Å². The Hall–Kier alpha value is -0.960. The average Bonchev–Trinajstić information content (AvgIpc) is 1.98. The van der Waals surface area contributed by atoms with E-state index in [4.69, 9.17) is 5.11 Å². The Morgan fingerprint density at radius 1 is 1.19 bits per heavy atom. The first-order valence-corrected chi connectivity index (χ1v) is 6.01. The van der Waals surface area contributed by atoms with Gasteiger partial charge < -0.3 is 5.11 Å². The van der Waals surface area contributed by atoms with Crippen molar-refractivity contribution in [3.05, 3.63) is 23.8 Å². The minimum Gasteiger partial charge on any atom is -0.478 e. The average molecular weight is 280 g/mol. The number of thiol groups is 1. The van der Waals surface area contributed by atoms with E-state index < -0.39 is 31.5 Å². The van der Waals surface area contributed by atoms with E-state index >= 15 is 0 Å². The van der Waals surface area contributed by atoms with Gasteiger partial charge in [-0.1, -0.05) is 19.4 Å². The zero-order valence-corrected chi connectivity index (χ0v) is 9.04. The third-order valence-corrected chi connectivity index (χ3v) is 3.16. The molecule has 92 valence electrons. The minimum atomic E-state index is -9.77. The molecule has 1 aromatic rings. The number of benzene rings is 1. The summed E-state index contributed by atoms with van der Waals surface area (Å²) in [6.45, 7) is 0. The maximum atomic E-state index is 12.3. The number of carbonyl (C=O) groups is 1. The predicted octanol–water partition coefficient (Wildman–Crippen LogP) is 4.33. The minimum absolute atomic E-state index is 0.00806. The number of rotatable bonds is 2. The first-order chi connectivity index (χ1) is 6.81. The lowest BCUT2D eigenvalue weighted by atomic mass is 10.2. The highest BCUT2D eigenvalue weighted by molar-refractivity contribution is 8.45. The summed E-state index contributed by atoms with van der Waals surface area (Å²) in [4.78, 5) is 7.61. The van der Waals surface area contributed by atoms with Crippen LogP contribution in [-0.4, -0.2) is 11.1 Å². The maximum absolute atomic E-state index is 12.3. The van der Waals surface area contributed by atoms with Crippen LogP contribution in [0.25, 0.3) is 0 Å². The van der Waals surface area contributed by atoms with Crippen LogP contribution in [0, 0.1) is 0 Å². The van der Waals surface area contributed by atoms with E-state index in [0.717, 1.165) is 0 Å². The fourth-order valence-electron chi connectivity index (χ4n) is 0.932. The molecule has 0 radical (unpaired) electrons. The summed E-state index contributed by atoms with van der Waals surface area (Å²) in [5.74, 6) is -1.54. The molecule has 1 rings (SSSR count). The van der Waals surface area contributed by atoms with Crippen LogP contribution in [0.2, 0.25) is 0 Å². The van der Waals surface area contributed by atoms with Crippen molar-refractivity contribution < 1.29 is 29.3 Å². The standard InChI is InChI=1S/C7H5F5O2S2/c8-16(9,10,11,12)4-1-2-5(7(13)14)6(15)3-4/h1-3,15H,(H,13,14). The number of halogens is 5. The Kier molecular flexibility index (Phi) is 2.32. The Labute approximate surface area is 92.2 Å². The van der Waals surface area contributed by atoms with Crippen LogP contribution in [0.15, 0.2) is 28.0 Å². The Morgan fingerprint density at radius 3 is 2.00 bits per heavy atom. The van der Waals surface area contributed by atoms with Crippen molar-refractivity contribution in [2.75, 3.05) is 0 Å². The van der Waals surface area contributed by atoms with Crippen molar-refractivity contribution in [2.45, 2.75) is 9.79 Å². The highest BCUT2D eigenvalue weighted by atomic mass is 32.5. The first kappa shape index (κ1) is 13.1. The van der Waals surface area contributed by atoms with Crippen molar-refractivity contribution in [2.24, 2.45) is 0 Å². The maximum Gasteiger partial charge on any atom is 0.336 e. The second-order valence-corrected chi connectivity index (χ2v) is 5.84. The first-order valence-electron chi connectivity index (χ1n) is 3.62. The smallest absolute Gasteiger partial charge is 0.336 e. The lowest BCUT2D eigenvalue weighted by Gasteiger charge is -2.40. The van der Waals surface area contributed by atoms with E-state index in [1.54, 1.807) is 0 Å². The normalized spacial score (nSPS) is 16.4. The molecule has 0 aliphatic heterocycles. The lowest BCUT2D eigenvalue weighted by molar-refractivity contribution is 0.0693. The fraction of sp³-hybridized carbons (Fsp3) is 0. The summed E-state index contributed by atoms with van der Waals surface area (Å²) in [5.41, 5.74) is -0.575. The molecule has 2 nitrogen and oxygen atoms in total. The molecular weight excluding hydrogens is 275 g/mol. The second-order valence-electron chi connectivity index (χ2n) is 2.95. The molecule has 0 spiro atoms. The van der Waals surface area contributed by atoms with Gasteiger partial charge in [0.2, 0.25) is 0 Å². The molecule has 0 fully saturated rings. The van der Waals surface area contributed by atoms with Gasteiger partial charge in [0.25, 0.3) is 0 Å². The molecule has 0 bridgehead atoms. The van der Waals surface area contributed by atoms with Gasteiger partial charge in [0.15, 0.2) is 0 Å². The molecule has 9 heteroatoms. The molecule has 1 aromatic carbocycles. The monoisotopic (exact) mass is 280 g/mol. The van der Waals surface area contributed by atoms with Crippen molar-refractivity contribution in [3.8, 4) is 0 Å². The van der Waals surface area contributed by atoms with Gasteiger partial charge in [-0.3, -0.25) is 0 Å². The quantitative estimate of drug-likeness (QED) is 0.625. The van der Waals surface area contributed by atoms with Gasteiger partial charge in [-0.25, -0.2) is 4.79 Å². The second kappa shape index (κ2) is 2.83. The van der Waals surface area contributed by atoms with Crippen LogP contribution in [0.3, 0.4) is 0 Å². The lowest BCUT2D eigenvalue weighted by Crippen LogP contribution is -2.07. The van der Waals surface area contributed by atoms with Crippen molar-refractivity contribution >= 4 is 28.8 Å². The molecule has 0 amide bonds. The molecule has 0 aliphatic rings. The third kappa shape index (κ3) is 2.79. The zero-order valence-electron chi connectivity index (χ0n) is 7.33. The fourth-order valence-corrected chi connectivity index (χ4v) is 1.99. The van der Waals surface area contributed by atoms with E-state index in [-0.39, 0.29) is 12.1 Å². The molecule has 0 atom stereocenters. The van der Waals surface area contributed by atoms with E-state index in [1.165, 1.54) is 0 Å². The number of aromatic carboxylic acids is 1. The van der Waals surface area contributed by atoms with Crippen LogP contribution in [-0.2, 0) is 0 Å². The Morgan fingerprint density at radius 2 is 1.69 bits per heavy atom. The topological polar surface area (TPSA) is 37.3 Å². The molecule has 0 unspecified atom stereocenters. The molecule has 0 aliphatic carbocycles. The van der Waals surface area contributed by atoms with Gasteiger partial charge in [0.1, 0.15) is 4.90 Å². The number of hydrogen-bond donors (Lipinski definition) is 2. The summed E-state index contributed by atoms with van der Waals surface area (Å²) in [6, 6.07) is 0.483. The molecule has 0 aromatic heterocycles. The van der Waals surface area contributed by atoms with E-state index in [0.29, 0.717) is 6.07 Å². The van der Waals surface area contributed by atoms with E-state index in [9.17, 15) is 24.2 Å². The van der Waals surface area contributed by atoms with Crippen molar-refractivity contribution in [1.29, 1.82) is 0 Å². The van der Waals surface area contributed by atoms with Gasteiger partial charge in [-0.2, -0.15) is 0 Å². The predicted molar refractivity (Wildman–Crippen MR) is 52.1 cm³/mol. The molecule has 1 N–H and O–H groups in total. The van der Waals surface area contributed by atoms with Crippen molar-refractivity contribution in [1.82, 2.24) is 0 Å². The molecular formula is C7H5F5O2S2. The van der Waals surface area contributed by atoms with Gasteiger partial charge in [-0.05, 0) is 18.2 Å². The van der Waals surface area contributed by atoms with E-state index in [2.05, 4.69) is 12.6 Å². The summed E-state index contributed by atoms with van der Waals surface area (Å²) in [6.07, 6.45) is 0. The highest BCUT2D eigenvalue weighted by Crippen LogP contribution is 3.02. The SMILES string of the molecule is O=C(O)c1ccc(S(F)(F)(F)(F)F)cc1S. The summed E-state index contributed by atoms with van der Waals surface area (Å²) < 4.78 is 61.4. The van der Waals surface area contributed by atoms with Crippen molar-refractivity contribution in [3.63, 3.8) is 0 Å². The summed E-state index contributed by atoms with van der Waals surface area (Å²) >= 11 is 3.42. The number of hydrogen-bond acceptors (Lipinski definition) is 2. The van der Waals surface area contributed by atoms with Gasteiger partial charge in [0.05, 0.1) is 5.56 Å². The largest absolute Gasteiger partial charge is 0.478 e. The number of carboxylic acids is 1. The van der Waals surface area contributed by atoms with Crippen LogP contribution in [0.5, 0.6) is 0 Å². The van der Waals surface area contributed by atoms with E-state index in [1.807, 2.05) is 0 Å². The Bertz CT molecular complexity index is 467. The summed E-state index contributed by atoms with van der Waals surface area (Å²) in [5, 5.41) is 8.48.